The zero-order valence-electron chi connectivity index (χ0n) is 15.0. The minimum Gasteiger partial charge on any atom is -0.490 e. The number of carbonyl (C=O) groups excluding carboxylic acids is 1. The van der Waals surface area contributed by atoms with Crippen molar-refractivity contribution in [2.24, 2.45) is 0 Å². The predicted octanol–water partition coefficient (Wildman–Crippen LogP) is 3.65. The second-order valence-corrected chi connectivity index (χ2v) is 5.76. The van der Waals surface area contributed by atoms with E-state index in [2.05, 4.69) is 5.32 Å². The molecular weight excluding hydrogens is 353 g/mol. The molecule has 2 aromatic rings. The van der Waals surface area contributed by atoms with Crippen LogP contribution in [-0.2, 0) is 16.0 Å². The van der Waals surface area contributed by atoms with Crippen molar-refractivity contribution in [1.82, 2.24) is 0 Å². The Morgan fingerprint density at radius 3 is 2.44 bits per heavy atom. The second-order valence-electron chi connectivity index (χ2n) is 5.76. The lowest BCUT2D eigenvalue weighted by Crippen LogP contribution is -2.13. The Morgan fingerprint density at radius 1 is 1.11 bits per heavy atom. The monoisotopic (exact) mass is 375 g/mol. The number of carboxylic acids is 1. The summed E-state index contributed by atoms with van der Waals surface area (Å²) in [6.45, 7) is 2.76. The third-order valence-corrected chi connectivity index (χ3v) is 3.63. The molecule has 0 saturated carbocycles. The fraction of sp³-hybridized carbons (Fsp3) is 0.300. The highest BCUT2D eigenvalue weighted by Gasteiger charge is 2.10. The number of amides is 1. The van der Waals surface area contributed by atoms with Gasteiger partial charge in [-0.05, 0) is 43.2 Å². The van der Waals surface area contributed by atoms with Crippen LogP contribution in [-0.4, -0.2) is 30.2 Å². The normalized spacial score (nSPS) is 10.3. The van der Waals surface area contributed by atoms with Gasteiger partial charge in [0.05, 0.1) is 19.6 Å². The van der Waals surface area contributed by atoms with Crippen molar-refractivity contribution in [3.8, 4) is 11.5 Å². The predicted molar refractivity (Wildman–Crippen MR) is 98.7 cm³/mol. The zero-order chi connectivity index (χ0) is 19.6. The molecule has 0 atom stereocenters. The van der Waals surface area contributed by atoms with Crippen LogP contribution < -0.4 is 14.8 Å². The van der Waals surface area contributed by atoms with Gasteiger partial charge >= 0.3 is 5.97 Å². The standard InChI is InChI=1S/C20H22FNO5/c1-2-26-17-6-3-4-7-18(17)27-11-5-8-19(23)22-15-10-9-14(12-20(24)25)16(21)13-15/h3-4,6-7,9-10,13H,2,5,8,11-12H2,1H3,(H,22,23)(H,24,25). The lowest BCUT2D eigenvalue weighted by atomic mass is 10.1. The molecule has 0 aliphatic rings. The Bertz CT molecular complexity index is 794. The molecular formula is C20H22FNO5. The Hall–Kier alpha value is -3.09. The van der Waals surface area contributed by atoms with E-state index in [1.165, 1.54) is 12.1 Å². The molecule has 0 aliphatic carbocycles. The van der Waals surface area contributed by atoms with Gasteiger partial charge in [0.2, 0.25) is 5.91 Å². The number of anilines is 1. The Labute approximate surface area is 156 Å². The number of halogens is 1. The Kier molecular flexibility index (Phi) is 7.61. The molecule has 2 N–H and O–H groups in total. The van der Waals surface area contributed by atoms with E-state index in [9.17, 15) is 14.0 Å². The smallest absolute Gasteiger partial charge is 0.307 e. The Morgan fingerprint density at radius 2 is 1.81 bits per heavy atom. The molecule has 0 fully saturated rings. The fourth-order valence-electron chi connectivity index (χ4n) is 2.41. The zero-order valence-corrected chi connectivity index (χ0v) is 15.0. The molecule has 2 aromatic carbocycles. The summed E-state index contributed by atoms with van der Waals surface area (Å²) in [4.78, 5) is 22.6. The van der Waals surface area contributed by atoms with Gasteiger partial charge < -0.3 is 19.9 Å². The van der Waals surface area contributed by atoms with E-state index in [4.69, 9.17) is 14.6 Å². The van der Waals surface area contributed by atoms with Crippen LogP contribution in [0.25, 0.3) is 0 Å². The van der Waals surface area contributed by atoms with E-state index in [1.807, 2.05) is 25.1 Å². The fourth-order valence-corrected chi connectivity index (χ4v) is 2.41. The average Bonchev–Trinajstić information content (AvgIpc) is 2.62. The van der Waals surface area contributed by atoms with Crippen molar-refractivity contribution < 1.29 is 28.6 Å². The number of hydrogen-bond acceptors (Lipinski definition) is 4. The molecule has 144 valence electrons. The third kappa shape index (κ3) is 6.62. The van der Waals surface area contributed by atoms with Gasteiger partial charge in [-0.1, -0.05) is 18.2 Å². The number of rotatable bonds is 10. The lowest BCUT2D eigenvalue weighted by Gasteiger charge is -2.11. The summed E-state index contributed by atoms with van der Waals surface area (Å²) in [6, 6.07) is 11.3. The van der Waals surface area contributed by atoms with Crippen LogP contribution in [0.1, 0.15) is 25.3 Å². The van der Waals surface area contributed by atoms with E-state index in [-0.39, 0.29) is 23.6 Å². The Balaban J connectivity index is 1.78. The third-order valence-electron chi connectivity index (χ3n) is 3.63. The molecule has 1 amide bonds. The van der Waals surface area contributed by atoms with Crippen molar-refractivity contribution >= 4 is 17.6 Å². The van der Waals surface area contributed by atoms with Gasteiger partial charge in [0.15, 0.2) is 11.5 Å². The quantitative estimate of drug-likeness (QED) is 0.619. The molecule has 0 unspecified atom stereocenters. The van der Waals surface area contributed by atoms with Gasteiger partial charge in [0, 0.05) is 12.1 Å². The number of nitrogens with one attached hydrogen (secondary N) is 1. The number of hydrogen-bond donors (Lipinski definition) is 2. The van der Waals surface area contributed by atoms with Crippen LogP contribution in [0.4, 0.5) is 10.1 Å². The number of aliphatic carboxylic acids is 1. The van der Waals surface area contributed by atoms with Crippen LogP contribution in [0.2, 0.25) is 0 Å². The van der Waals surface area contributed by atoms with Gasteiger partial charge in [0.1, 0.15) is 5.82 Å². The van der Waals surface area contributed by atoms with Gasteiger partial charge in [0.25, 0.3) is 0 Å². The van der Waals surface area contributed by atoms with Crippen molar-refractivity contribution in [2.45, 2.75) is 26.2 Å². The van der Waals surface area contributed by atoms with E-state index >= 15 is 0 Å². The van der Waals surface area contributed by atoms with Crippen LogP contribution in [0.3, 0.4) is 0 Å². The molecule has 0 saturated heterocycles. The van der Waals surface area contributed by atoms with E-state index in [0.717, 1.165) is 6.07 Å². The summed E-state index contributed by atoms with van der Waals surface area (Å²) < 4.78 is 24.9. The second kappa shape index (κ2) is 10.2. The van der Waals surface area contributed by atoms with Crippen molar-refractivity contribution in [1.29, 1.82) is 0 Å². The number of para-hydroxylation sites is 2. The SMILES string of the molecule is CCOc1ccccc1OCCCC(=O)Nc1ccc(CC(=O)O)c(F)c1. The van der Waals surface area contributed by atoms with Crippen LogP contribution in [0.15, 0.2) is 42.5 Å². The minimum absolute atomic E-state index is 0.0712. The van der Waals surface area contributed by atoms with Gasteiger partial charge in [-0.3, -0.25) is 9.59 Å². The summed E-state index contributed by atoms with van der Waals surface area (Å²) in [6.07, 6.45) is 0.280. The van der Waals surface area contributed by atoms with Crippen LogP contribution in [0.5, 0.6) is 11.5 Å². The highest BCUT2D eigenvalue weighted by atomic mass is 19.1. The number of carboxylic acid groups (broad SMARTS) is 1. The van der Waals surface area contributed by atoms with E-state index in [0.29, 0.717) is 31.1 Å². The molecule has 0 aromatic heterocycles. The number of carbonyl (C=O) groups is 2. The molecule has 2 rings (SSSR count). The molecule has 0 heterocycles. The first-order chi connectivity index (χ1) is 13.0. The van der Waals surface area contributed by atoms with E-state index < -0.39 is 18.2 Å². The maximum Gasteiger partial charge on any atom is 0.307 e. The summed E-state index contributed by atoms with van der Waals surface area (Å²) in [5.41, 5.74) is 0.358. The largest absolute Gasteiger partial charge is 0.490 e. The lowest BCUT2D eigenvalue weighted by molar-refractivity contribution is -0.136. The summed E-state index contributed by atoms with van der Waals surface area (Å²) in [5.74, 6) is -0.776. The molecule has 7 heteroatoms. The van der Waals surface area contributed by atoms with Crippen LogP contribution in [0, 0.1) is 5.82 Å². The molecule has 0 aliphatic heterocycles. The molecule has 6 nitrogen and oxygen atoms in total. The van der Waals surface area contributed by atoms with Crippen LogP contribution >= 0.6 is 0 Å². The molecule has 0 spiro atoms. The first-order valence-corrected chi connectivity index (χ1v) is 8.64. The summed E-state index contributed by atoms with van der Waals surface area (Å²) in [7, 11) is 0. The van der Waals surface area contributed by atoms with Crippen molar-refractivity contribution in [2.75, 3.05) is 18.5 Å². The van der Waals surface area contributed by atoms with Crippen molar-refractivity contribution in [3.05, 3.63) is 53.8 Å². The van der Waals surface area contributed by atoms with Gasteiger partial charge in [-0.25, -0.2) is 4.39 Å². The van der Waals surface area contributed by atoms with E-state index in [1.54, 1.807) is 6.07 Å². The maximum absolute atomic E-state index is 13.8. The van der Waals surface area contributed by atoms with Gasteiger partial charge in [-0.15, -0.1) is 0 Å². The molecule has 27 heavy (non-hydrogen) atoms. The number of ether oxygens (including phenoxy) is 2. The topological polar surface area (TPSA) is 84.9 Å². The summed E-state index contributed by atoms with van der Waals surface area (Å²) in [5, 5.41) is 11.3. The summed E-state index contributed by atoms with van der Waals surface area (Å²) >= 11 is 0. The first kappa shape index (κ1) is 20.2. The average molecular weight is 375 g/mol. The highest BCUT2D eigenvalue weighted by molar-refractivity contribution is 5.90. The molecule has 0 radical (unpaired) electrons. The van der Waals surface area contributed by atoms with Gasteiger partial charge in [-0.2, -0.15) is 0 Å². The van der Waals surface area contributed by atoms with Crippen molar-refractivity contribution in [3.63, 3.8) is 0 Å². The highest BCUT2D eigenvalue weighted by Crippen LogP contribution is 2.26. The maximum atomic E-state index is 13.8. The minimum atomic E-state index is -1.11. The number of benzene rings is 2. The molecule has 0 bridgehead atoms. The first-order valence-electron chi connectivity index (χ1n) is 8.64.